The van der Waals surface area contributed by atoms with Gasteiger partial charge in [0, 0.05) is 42.7 Å². The molecule has 0 atom stereocenters. The number of rotatable bonds is 7. The molecule has 0 spiro atoms. The minimum Gasteiger partial charge on any atom is -0.309 e. The first-order valence-electron chi connectivity index (χ1n) is 31.6. The summed E-state index contributed by atoms with van der Waals surface area (Å²) < 4.78 is 223. The summed E-state index contributed by atoms with van der Waals surface area (Å²) in [4.78, 5) is 0. The number of nitrogens with zero attached hydrogens (tertiary/aromatic N) is 2. The standard InChI is InChI=1S/C60H40N2SSi/c1-4-19-41(20-5-1)42-21-18-26-47(39-42)64(44-22-6-2-7-23-44,45-24-8-3-9-25-45)46-37-35-43(36-38-46)61-53-31-14-12-29-50(53)52-40-56(60-58(59(52)61)51-30-13-17-34-57(51)63-60)62-54-32-15-10-27-48(54)49-28-11-16-33-55(49)62/h1-40H/i1D,2D,3D,4D,5D,6D,7D,8D,9D,18D,19D,20D,21D,22D,23D,24D,25D,26D,35D,36D,37D,38D,39D. The van der Waals surface area contributed by atoms with E-state index in [1.807, 2.05) is 84.9 Å². The molecule has 0 aliphatic heterocycles. The van der Waals surface area contributed by atoms with Gasteiger partial charge in [-0.25, -0.2) is 0 Å². The molecule has 3 heterocycles. The highest BCUT2D eigenvalue weighted by Gasteiger charge is 2.41. The van der Waals surface area contributed by atoms with E-state index in [9.17, 15) is 16.4 Å². The third-order valence-electron chi connectivity index (χ3n) is 11.8. The first kappa shape index (κ1) is 20.6. The lowest BCUT2D eigenvalue weighted by molar-refractivity contribution is 1.18. The SMILES string of the molecule is [2H]c1c([2H])c([2H])c(-c2c([2H])c([2H])c([2H])c([Si](c3c([2H])c([2H])c([2H])c([2H])c3[2H])(c3c([2H])c([2H])c([2H])c([2H])c3[2H])c3c([2H])c([2H])c(-n4c5ccccc5c5cc(-n6c7ccccc7c7ccccc76)c6sc7ccccc7c6c54)c([2H])c3[2H])c2[2H])c([2H])c1[2H]. The number of benzene rings is 10. The zero-order chi connectivity index (χ0) is 62.2. The summed E-state index contributed by atoms with van der Waals surface area (Å²) in [5.74, 6) is 0. The van der Waals surface area contributed by atoms with Crippen LogP contribution in [0.2, 0.25) is 0 Å². The van der Waals surface area contributed by atoms with E-state index in [4.69, 9.17) is 15.1 Å². The van der Waals surface area contributed by atoms with Crippen LogP contribution in [0.5, 0.6) is 0 Å². The van der Waals surface area contributed by atoms with Crippen molar-refractivity contribution in [1.82, 2.24) is 9.13 Å². The molecular formula is C60H40N2SSi. The van der Waals surface area contributed by atoms with E-state index in [1.165, 1.54) is 11.3 Å². The van der Waals surface area contributed by atoms with Gasteiger partial charge in [0.25, 0.3) is 0 Å². The van der Waals surface area contributed by atoms with E-state index in [0.717, 1.165) is 42.3 Å². The maximum absolute atomic E-state index is 10.5. The van der Waals surface area contributed by atoms with Crippen LogP contribution in [0.3, 0.4) is 0 Å². The fourth-order valence-corrected chi connectivity index (χ4v) is 13.9. The average Bonchev–Trinajstić information content (AvgIpc) is 1.70. The van der Waals surface area contributed by atoms with Crippen molar-refractivity contribution in [2.75, 3.05) is 0 Å². The quantitative estimate of drug-likeness (QED) is 0.112. The van der Waals surface area contributed by atoms with Gasteiger partial charge in [-0.05, 0) is 74.3 Å². The Kier molecular flexibility index (Phi) is 4.73. The van der Waals surface area contributed by atoms with Gasteiger partial charge in [0.15, 0.2) is 8.07 Å². The Morgan fingerprint density at radius 2 is 0.891 bits per heavy atom. The molecule has 0 saturated carbocycles. The van der Waals surface area contributed by atoms with Crippen molar-refractivity contribution in [3.8, 4) is 22.5 Å². The van der Waals surface area contributed by atoms with Crippen molar-refractivity contribution < 1.29 is 31.5 Å². The van der Waals surface area contributed by atoms with E-state index < -0.39 is 185 Å². The van der Waals surface area contributed by atoms with Gasteiger partial charge < -0.3 is 9.13 Å². The van der Waals surface area contributed by atoms with Crippen molar-refractivity contribution in [1.29, 1.82) is 0 Å². The van der Waals surface area contributed by atoms with E-state index in [2.05, 4.69) is 4.57 Å². The normalized spacial score (nSPS) is 17.1. The highest BCUT2D eigenvalue weighted by molar-refractivity contribution is 7.26. The van der Waals surface area contributed by atoms with Crippen molar-refractivity contribution in [3.05, 3.63) is 242 Å². The van der Waals surface area contributed by atoms with Crippen LogP contribution in [0, 0.1) is 0 Å². The summed E-state index contributed by atoms with van der Waals surface area (Å²) in [7, 11) is -6.40. The van der Waals surface area contributed by atoms with Crippen LogP contribution in [0.25, 0.3) is 86.3 Å². The molecule has 0 bridgehead atoms. The minimum absolute atomic E-state index is 0.381. The van der Waals surface area contributed by atoms with Gasteiger partial charge in [-0.15, -0.1) is 11.3 Å². The summed E-state index contributed by atoms with van der Waals surface area (Å²) in [6.07, 6.45) is 0. The lowest BCUT2D eigenvalue weighted by atomic mass is 10.1. The van der Waals surface area contributed by atoms with E-state index in [0.29, 0.717) is 27.2 Å². The van der Waals surface area contributed by atoms with Gasteiger partial charge in [-0.1, -0.05) is 200 Å². The molecule has 3 aromatic heterocycles. The summed E-state index contributed by atoms with van der Waals surface area (Å²) in [6, 6.07) is 7.85. The Balaban J connectivity index is 1.26. The number of thiophene rings is 1. The zero-order valence-corrected chi connectivity index (χ0v) is 34.9. The molecule has 10 aromatic carbocycles. The van der Waals surface area contributed by atoms with Crippen LogP contribution in [0.15, 0.2) is 242 Å². The Labute approximate surface area is 408 Å². The van der Waals surface area contributed by atoms with Gasteiger partial charge in [0.1, 0.15) is 0 Å². The Morgan fingerprint density at radius 1 is 0.406 bits per heavy atom. The maximum atomic E-state index is 10.5. The fraction of sp³-hybridized carbons (Fsp3) is 0. The number of para-hydroxylation sites is 3. The molecule has 0 fully saturated rings. The molecule has 0 amide bonds. The maximum Gasteiger partial charge on any atom is 0.179 e. The second-order valence-electron chi connectivity index (χ2n) is 15.0. The Bertz CT molecular complexity index is 5060. The summed E-state index contributed by atoms with van der Waals surface area (Å²) >= 11 is 1.49. The van der Waals surface area contributed by atoms with Gasteiger partial charge in [0.2, 0.25) is 0 Å². The van der Waals surface area contributed by atoms with Crippen LogP contribution in [-0.2, 0) is 0 Å². The monoisotopic (exact) mass is 871 g/mol. The predicted molar refractivity (Wildman–Crippen MR) is 277 cm³/mol. The summed E-state index contributed by atoms with van der Waals surface area (Å²) in [5, 5.41) is 0.428. The topological polar surface area (TPSA) is 9.86 Å². The van der Waals surface area contributed by atoms with Gasteiger partial charge in [-0.3, -0.25) is 0 Å². The number of hydrogen-bond acceptors (Lipinski definition) is 1. The first-order valence-corrected chi connectivity index (χ1v) is 23.0. The van der Waals surface area contributed by atoms with Crippen LogP contribution < -0.4 is 20.7 Å². The van der Waals surface area contributed by atoms with Crippen molar-refractivity contribution in [3.63, 3.8) is 0 Å². The average molecular weight is 872 g/mol. The number of fused-ring (bicyclic) bond motifs is 10. The molecular weight excluding hydrogens is 809 g/mol. The van der Waals surface area contributed by atoms with Crippen LogP contribution in [0.1, 0.15) is 31.5 Å². The molecule has 64 heavy (non-hydrogen) atoms. The van der Waals surface area contributed by atoms with Gasteiger partial charge in [-0.2, -0.15) is 0 Å². The summed E-state index contributed by atoms with van der Waals surface area (Å²) in [5.41, 5.74) is 1.14. The predicted octanol–water partition coefficient (Wildman–Crippen LogP) is 13.3. The lowest BCUT2D eigenvalue weighted by Gasteiger charge is -2.35. The van der Waals surface area contributed by atoms with E-state index in [-0.39, 0.29) is 0 Å². The molecule has 0 N–H and O–H groups in total. The first-order chi connectivity index (χ1) is 41.3. The van der Waals surface area contributed by atoms with Crippen LogP contribution in [-0.4, -0.2) is 17.2 Å². The molecule has 0 aliphatic carbocycles. The van der Waals surface area contributed by atoms with Crippen LogP contribution >= 0.6 is 11.3 Å². The molecule has 4 heteroatoms. The Hall–Kier alpha value is -7.76. The van der Waals surface area contributed by atoms with Gasteiger partial charge >= 0.3 is 0 Å². The molecule has 300 valence electrons. The third-order valence-corrected chi connectivity index (χ3v) is 17.0. The third kappa shape index (κ3) is 5.43. The molecule has 2 nitrogen and oxygen atoms in total. The number of hydrogen-bond donors (Lipinski definition) is 0. The molecule has 13 aromatic rings. The fourth-order valence-electron chi connectivity index (χ4n) is 9.16. The van der Waals surface area contributed by atoms with E-state index >= 15 is 0 Å². The molecule has 0 radical (unpaired) electrons. The van der Waals surface area contributed by atoms with Gasteiger partial charge in [0.05, 0.1) is 64.0 Å². The molecule has 0 saturated heterocycles. The second-order valence-corrected chi connectivity index (χ2v) is 19.6. The highest BCUT2D eigenvalue weighted by Crippen LogP contribution is 2.47. The van der Waals surface area contributed by atoms with Crippen molar-refractivity contribution >= 4 is 104 Å². The van der Waals surface area contributed by atoms with E-state index in [1.54, 1.807) is 22.8 Å². The molecule has 0 aliphatic rings. The molecule has 13 rings (SSSR count). The highest BCUT2D eigenvalue weighted by atomic mass is 32.1. The number of aromatic nitrogens is 2. The minimum atomic E-state index is -6.40. The largest absolute Gasteiger partial charge is 0.309 e. The smallest absolute Gasteiger partial charge is 0.179 e. The van der Waals surface area contributed by atoms with Crippen molar-refractivity contribution in [2.24, 2.45) is 0 Å². The Morgan fingerprint density at radius 3 is 1.52 bits per heavy atom. The second kappa shape index (κ2) is 14.7. The van der Waals surface area contributed by atoms with Crippen molar-refractivity contribution in [2.45, 2.75) is 0 Å². The zero-order valence-electron chi connectivity index (χ0n) is 56.1. The summed E-state index contributed by atoms with van der Waals surface area (Å²) in [6.45, 7) is 0. The molecule has 0 unspecified atom stereocenters. The van der Waals surface area contributed by atoms with Crippen LogP contribution in [0.4, 0.5) is 0 Å². The lowest BCUT2D eigenvalue weighted by Crippen LogP contribution is -2.74.